The summed E-state index contributed by atoms with van der Waals surface area (Å²) in [5, 5.41) is 11.8. The molecule has 8 heteroatoms. The second-order valence-electron chi connectivity index (χ2n) is 8.81. The van der Waals surface area contributed by atoms with Crippen LogP contribution in [-0.4, -0.2) is 19.4 Å². The van der Waals surface area contributed by atoms with Gasteiger partial charge < -0.3 is 5.11 Å². The second kappa shape index (κ2) is 7.43. The minimum absolute atomic E-state index is 0.00639. The number of sulfonamides is 1. The number of carbonyl (C=O) groups is 1. The molecule has 1 aromatic heterocycles. The molecule has 0 spiro atoms. The van der Waals surface area contributed by atoms with E-state index in [1.54, 1.807) is 11.4 Å². The van der Waals surface area contributed by atoms with Crippen LogP contribution in [0.2, 0.25) is 0 Å². The van der Waals surface area contributed by atoms with Gasteiger partial charge in [0.1, 0.15) is 10.0 Å². The van der Waals surface area contributed by atoms with Gasteiger partial charge in [-0.25, -0.2) is 17.5 Å². The minimum atomic E-state index is -4.05. The van der Waals surface area contributed by atoms with E-state index in [4.69, 9.17) is 0 Å². The lowest BCUT2D eigenvalue weighted by atomic mass is 9.86. The number of carbonyl (C=O) groups excluding carboxylic acids is 1. The molecule has 5 nitrogen and oxygen atoms in total. The molecule has 0 bridgehead atoms. The Bertz CT molecular complexity index is 1110. The minimum Gasteiger partial charge on any atom is -0.385 e. The summed E-state index contributed by atoms with van der Waals surface area (Å²) in [5.74, 6) is -0.925. The largest absolute Gasteiger partial charge is 0.385 e. The van der Waals surface area contributed by atoms with Crippen LogP contribution >= 0.6 is 11.3 Å². The van der Waals surface area contributed by atoms with Crippen molar-refractivity contribution in [1.82, 2.24) is 4.72 Å². The molecule has 0 aliphatic heterocycles. The molecule has 0 saturated heterocycles. The molecular weight excluding hydrogens is 425 g/mol. The molecule has 4 rings (SSSR count). The van der Waals surface area contributed by atoms with E-state index in [0.29, 0.717) is 29.5 Å². The molecule has 2 aliphatic rings. The average Bonchev–Trinajstić information content (AvgIpc) is 3.05. The molecule has 1 amide bonds. The number of fused-ring (bicyclic) bond motifs is 1. The first-order valence-corrected chi connectivity index (χ1v) is 12.6. The van der Waals surface area contributed by atoms with Crippen molar-refractivity contribution in [3.05, 3.63) is 51.1 Å². The highest BCUT2D eigenvalue weighted by atomic mass is 32.2. The third-order valence-electron chi connectivity index (χ3n) is 6.16. The fourth-order valence-corrected chi connectivity index (χ4v) is 6.70. The lowest BCUT2D eigenvalue weighted by Gasteiger charge is -2.20. The Morgan fingerprint density at radius 2 is 2.07 bits per heavy atom. The maximum atomic E-state index is 14.8. The smallest absolute Gasteiger partial charge is 0.273 e. The Kier molecular flexibility index (Phi) is 5.31. The molecule has 30 heavy (non-hydrogen) atoms. The summed E-state index contributed by atoms with van der Waals surface area (Å²) in [4.78, 5) is 12.8. The van der Waals surface area contributed by atoms with E-state index in [-0.39, 0.29) is 28.3 Å². The van der Waals surface area contributed by atoms with Gasteiger partial charge in [0.15, 0.2) is 0 Å². The predicted octanol–water partition coefficient (Wildman–Crippen LogP) is 4.09. The zero-order valence-electron chi connectivity index (χ0n) is 17.3. The summed E-state index contributed by atoms with van der Waals surface area (Å²) in [6, 6.07) is 3.00. The van der Waals surface area contributed by atoms with Gasteiger partial charge in [-0.15, -0.1) is 11.3 Å². The number of aliphatic hydroxyl groups is 1. The fraction of sp³-hybridized carbons (Fsp3) is 0.500. The number of amides is 1. The lowest BCUT2D eigenvalue weighted by molar-refractivity contribution is -0.118. The van der Waals surface area contributed by atoms with Gasteiger partial charge in [0, 0.05) is 0 Å². The molecule has 2 aliphatic carbocycles. The normalized spacial score (nSPS) is 19.7. The van der Waals surface area contributed by atoms with Crippen molar-refractivity contribution >= 4 is 27.3 Å². The zero-order valence-corrected chi connectivity index (χ0v) is 18.9. The molecule has 2 N–H and O–H groups in total. The summed E-state index contributed by atoms with van der Waals surface area (Å²) in [5.41, 5.74) is 2.65. The number of hydrogen-bond donors (Lipinski definition) is 2. The summed E-state index contributed by atoms with van der Waals surface area (Å²) in [6.07, 6.45) is 2.69. The van der Waals surface area contributed by atoms with Crippen LogP contribution in [0.4, 0.5) is 4.39 Å². The van der Waals surface area contributed by atoms with Gasteiger partial charge in [0.2, 0.25) is 5.91 Å². The maximum Gasteiger partial charge on any atom is 0.273 e. The van der Waals surface area contributed by atoms with Gasteiger partial charge in [-0.2, -0.15) is 0 Å². The molecule has 1 aromatic carbocycles. The van der Waals surface area contributed by atoms with Crippen LogP contribution in [-0.2, 0) is 33.3 Å². The summed E-state index contributed by atoms with van der Waals surface area (Å²) in [6.45, 7) is 5.80. The quantitative estimate of drug-likeness (QED) is 0.693. The molecule has 1 saturated carbocycles. The molecule has 2 aromatic rings. The van der Waals surface area contributed by atoms with E-state index >= 15 is 0 Å². The molecule has 0 radical (unpaired) electrons. The van der Waals surface area contributed by atoms with Gasteiger partial charge >= 0.3 is 0 Å². The van der Waals surface area contributed by atoms with Crippen molar-refractivity contribution in [2.75, 3.05) is 0 Å². The number of rotatable bonds is 6. The van der Waals surface area contributed by atoms with Gasteiger partial charge in [-0.05, 0) is 82.8 Å². The number of aryl methyl sites for hydroxylation is 1. The van der Waals surface area contributed by atoms with Gasteiger partial charge in [-0.1, -0.05) is 20.8 Å². The highest BCUT2D eigenvalue weighted by Crippen LogP contribution is 2.47. The van der Waals surface area contributed by atoms with Crippen LogP contribution in [0.15, 0.2) is 21.7 Å². The van der Waals surface area contributed by atoms with Crippen LogP contribution in [0.3, 0.4) is 0 Å². The SMILES string of the molecule is CC(C)c1c(F)cc2c(c1CC(=O)NS(=O)(=O)c1cc(C3(O)CC3)cs1)C(C)CC2. The first-order valence-electron chi connectivity index (χ1n) is 10.2. The van der Waals surface area contributed by atoms with Gasteiger partial charge in [-0.3, -0.25) is 4.79 Å². The van der Waals surface area contributed by atoms with Crippen LogP contribution in [0.25, 0.3) is 0 Å². The molecule has 1 fully saturated rings. The monoisotopic (exact) mass is 451 g/mol. The zero-order chi connectivity index (χ0) is 21.8. The summed E-state index contributed by atoms with van der Waals surface area (Å²) >= 11 is 0.980. The highest BCUT2D eigenvalue weighted by molar-refractivity contribution is 7.92. The predicted molar refractivity (Wildman–Crippen MR) is 114 cm³/mol. The lowest BCUT2D eigenvalue weighted by Crippen LogP contribution is -2.32. The Labute approximate surface area is 180 Å². The van der Waals surface area contributed by atoms with E-state index in [9.17, 15) is 22.7 Å². The number of nitrogens with one attached hydrogen (secondary N) is 1. The topological polar surface area (TPSA) is 83.5 Å². The van der Waals surface area contributed by atoms with Crippen molar-refractivity contribution < 1.29 is 22.7 Å². The summed E-state index contributed by atoms with van der Waals surface area (Å²) in [7, 11) is -4.05. The van der Waals surface area contributed by atoms with E-state index in [1.165, 1.54) is 6.07 Å². The molecule has 1 atom stereocenters. The first-order chi connectivity index (χ1) is 14.0. The standard InChI is InChI=1S/C22H26FNO4S2/c1-12(2)20-16(21-13(3)4-5-14(21)8-17(20)23)10-18(25)24-30(27,28)19-9-15(11-29-19)22(26)6-7-22/h8-9,11-13,26H,4-7,10H2,1-3H3,(H,24,25). The third-order valence-corrected chi connectivity index (χ3v) is 8.97. The van der Waals surface area contributed by atoms with E-state index in [2.05, 4.69) is 11.6 Å². The second-order valence-corrected chi connectivity index (χ2v) is 11.6. The maximum absolute atomic E-state index is 14.8. The van der Waals surface area contributed by atoms with Crippen LogP contribution in [0, 0.1) is 5.82 Å². The number of hydrogen-bond acceptors (Lipinski definition) is 5. The van der Waals surface area contributed by atoms with Crippen molar-refractivity contribution in [2.24, 2.45) is 0 Å². The van der Waals surface area contributed by atoms with E-state index in [0.717, 1.165) is 35.3 Å². The number of halogens is 1. The van der Waals surface area contributed by atoms with Crippen LogP contribution in [0.1, 0.15) is 79.7 Å². The van der Waals surface area contributed by atoms with Gasteiger partial charge in [0.05, 0.1) is 12.0 Å². The van der Waals surface area contributed by atoms with Crippen LogP contribution in [0.5, 0.6) is 0 Å². The first kappa shape index (κ1) is 21.5. The Hall–Kier alpha value is -1.77. The van der Waals surface area contributed by atoms with Gasteiger partial charge in [0.25, 0.3) is 10.0 Å². The van der Waals surface area contributed by atoms with Crippen molar-refractivity contribution in [1.29, 1.82) is 0 Å². The van der Waals surface area contributed by atoms with Crippen LogP contribution < -0.4 is 4.72 Å². The van der Waals surface area contributed by atoms with Crippen molar-refractivity contribution in [2.45, 2.75) is 74.5 Å². The highest BCUT2D eigenvalue weighted by Gasteiger charge is 2.43. The Balaban J connectivity index is 1.61. The molecular formula is C22H26FNO4S2. The average molecular weight is 452 g/mol. The van der Waals surface area contributed by atoms with Crippen molar-refractivity contribution in [3.63, 3.8) is 0 Å². The molecule has 162 valence electrons. The molecule has 1 unspecified atom stereocenters. The third kappa shape index (κ3) is 3.81. The number of thiophene rings is 1. The van der Waals surface area contributed by atoms with Crippen molar-refractivity contribution in [3.8, 4) is 0 Å². The van der Waals surface area contributed by atoms with E-state index in [1.807, 2.05) is 13.8 Å². The Morgan fingerprint density at radius 3 is 2.70 bits per heavy atom. The fourth-order valence-electron chi connectivity index (χ4n) is 4.45. The van der Waals surface area contributed by atoms with E-state index < -0.39 is 21.5 Å². The number of benzene rings is 1. The molecule has 1 heterocycles. The Morgan fingerprint density at radius 1 is 1.37 bits per heavy atom. The summed E-state index contributed by atoms with van der Waals surface area (Å²) < 4.78 is 42.3.